The van der Waals surface area contributed by atoms with Crippen LogP contribution in [0.15, 0.2) is 66.7 Å². The van der Waals surface area contributed by atoms with Crippen LogP contribution in [0.2, 0.25) is 5.02 Å². The van der Waals surface area contributed by atoms with Gasteiger partial charge in [-0.25, -0.2) is 9.37 Å². The molecule has 5 rings (SSSR count). The molecule has 0 spiro atoms. The number of carbonyl (C=O) groups excluding carboxylic acids is 3. The monoisotopic (exact) mass is 478 g/mol. The SMILES string of the molecule is Cc1ccc(C2C(C(=O)c3ccc(Cl)cc3)C(=O)C(=O)N2c2nc3ccc(F)cc3s2)cc1. The Kier molecular flexibility index (Phi) is 5.31. The lowest BCUT2D eigenvalue weighted by Gasteiger charge is -2.25. The van der Waals surface area contributed by atoms with Gasteiger partial charge in [0.25, 0.3) is 5.91 Å². The molecular weight excluding hydrogens is 463 g/mol. The molecule has 1 saturated heterocycles. The summed E-state index contributed by atoms with van der Waals surface area (Å²) in [4.78, 5) is 45.6. The molecular formula is C25H16ClFN2O3S. The van der Waals surface area contributed by atoms with E-state index in [-0.39, 0.29) is 10.7 Å². The van der Waals surface area contributed by atoms with Gasteiger partial charge in [-0.2, -0.15) is 0 Å². The highest BCUT2D eigenvalue weighted by molar-refractivity contribution is 7.22. The third-order valence-electron chi connectivity index (χ3n) is 5.68. The van der Waals surface area contributed by atoms with Crippen molar-refractivity contribution in [2.75, 3.05) is 4.90 Å². The molecule has 2 atom stereocenters. The molecule has 8 heteroatoms. The van der Waals surface area contributed by atoms with E-state index in [1.165, 1.54) is 35.2 Å². The Balaban J connectivity index is 1.66. The van der Waals surface area contributed by atoms with Gasteiger partial charge in [0, 0.05) is 10.6 Å². The van der Waals surface area contributed by atoms with E-state index in [1.54, 1.807) is 24.3 Å². The smallest absolute Gasteiger partial charge is 0.293 e. The lowest BCUT2D eigenvalue weighted by molar-refractivity contribution is -0.135. The molecule has 3 aromatic carbocycles. The van der Waals surface area contributed by atoms with Crippen molar-refractivity contribution in [2.24, 2.45) is 5.92 Å². The summed E-state index contributed by atoms with van der Waals surface area (Å²) in [5.74, 6) is -3.75. The number of aromatic nitrogens is 1. The standard InChI is InChI=1S/C25H16ClFN2O3S/c1-13-2-4-14(5-3-13)21-20(22(30)15-6-8-16(26)9-7-15)23(31)24(32)29(21)25-28-18-11-10-17(27)12-19(18)33-25/h2-12,20-21H,1H3. The Morgan fingerprint density at radius 2 is 1.73 bits per heavy atom. The first kappa shape index (κ1) is 21.4. The summed E-state index contributed by atoms with van der Waals surface area (Å²) in [7, 11) is 0. The molecule has 1 fully saturated rings. The number of aryl methyl sites for hydroxylation is 1. The first-order valence-electron chi connectivity index (χ1n) is 10.1. The number of fused-ring (bicyclic) bond motifs is 1. The van der Waals surface area contributed by atoms with Crippen LogP contribution in [0, 0.1) is 18.7 Å². The Labute approximate surface area is 197 Å². The second kappa shape index (κ2) is 8.17. The van der Waals surface area contributed by atoms with Crippen LogP contribution in [0.25, 0.3) is 10.2 Å². The van der Waals surface area contributed by atoms with Crippen molar-refractivity contribution in [1.82, 2.24) is 4.98 Å². The Morgan fingerprint density at radius 3 is 2.42 bits per heavy atom. The molecule has 1 aliphatic rings. The number of nitrogens with zero attached hydrogens (tertiary/aromatic N) is 2. The first-order chi connectivity index (χ1) is 15.8. The van der Waals surface area contributed by atoms with Gasteiger partial charge in [0.2, 0.25) is 5.78 Å². The fraction of sp³-hybridized carbons (Fsp3) is 0.120. The van der Waals surface area contributed by atoms with Gasteiger partial charge in [0.05, 0.1) is 16.3 Å². The van der Waals surface area contributed by atoms with Crippen molar-refractivity contribution in [3.05, 3.63) is 94.3 Å². The van der Waals surface area contributed by atoms with Crippen LogP contribution >= 0.6 is 22.9 Å². The molecule has 5 nitrogen and oxygen atoms in total. The average molecular weight is 479 g/mol. The predicted molar refractivity (Wildman–Crippen MR) is 125 cm³/mol. The molecule has 2 unspecified atom stereocenters. The summed E-state index contributed by atoms with van der Waals surface area (Å²) in [6.07, 6.45) is 0. The third-order valence-corrected chi connectivity index (χ3v) is 6.95. The van der Waals surface area contributed by atoms with E-state index in [2.05, 4.69) is 4.98 Å². The average Bonchev–Trinajstić information content (AvgIpc) is 3.32. The molecule has 33 heavy (non-hydrogen) atoms. The number of rotatable bonds is 4. The molecule has 4 aromatic rings. The minimum absolute atomic E-state index is 0.242. The van der Waals surface area contributed by atoms with Gasteiger partial charge in [0.15, 0.2) is 10.9 Å². The highest BCUT2D eigenvalue weighted by atomic mass is 35.5. The van der Waals surface area contributed by atoms with Gasteiger partial charge in [-0.1, -0.05) is 52.8 Å². The molecule has 2 heterocycles. The van der Waals surface area contributed by atoms with E-state index in [0.717, 1.165) is 16.9 Å². The highest BCUT2D eigenvalue weighted by Gasteiger charge is 2.53. The van der Waals surface area contributed by atoms with Crippen molar-refractivity contribution in [3.63, 3.8) is 0 Å². The van der Waals surface area contributed by atoms with Gasteiger partial charge in [-0.05, 0) is 55.0 Å². The second-order valence-corrected chi connectivity index (χ2v) is 9.30. The lowest BCUT2D eigenvalue weighted by Crippen LogP contribution is -2.30. The fourth-order valence-corrected chi connectivity index (χ4v) is 5.18. The number of amides is 1. The molecule has 0 bridgehead atoms. The maximum absolute atomic E-state index is 13.7. The molecule has 0 aliphatic carbocycles. The third kappa shape index (κ3) is 3.73. The second-order valence-electron chi connectivity index (χ2n) is 7.85. The summed E-state index contributed by atoms with van der Waals surface area (Å²) in [5.41, 5.74) is 2.43. The van der Waals surface area contributed by atoms with Crippen molar-refractivity contribution >= 4 is 55.8 Å². The molecule has 0 saturated carbocycles. The van der Waals surface area contributed by atoms with Gasteiger partial charge >= 0.3 is 0 Å². The number of hydrogen-bond donors (Lipinski definition) is 0. The van der Waals surface area contributed by atoms with E-state index in [0.29, 0.717) is 20.8 Å². The maximum Gasteiger partial charge on any atom is 0.297 e. The Bertz CT molecular complexity index is 1420. The van der Waals surface area contributed by atoms with Crippen LogP contribution in [0.1, 0.15) is 27.5 Å². The van der Waals surface area contributed by atoms with E-state index >= 15 is 0 Å². The number of halogens is 2. The first-order valence-corrected chi connectivity index (χ1v) is 11.3. The molecule has 0 radical (unpaired) electrons. The van der Waals surface area contributed by atoms with Crippen LogP contribution < -0.4 is 4.90 Å². The number of hydrogen-bond acceptors (Lipinski definition) is 5. The largest absolute Gasteiger partial charge is 0.297 e. The zero-order valence-electron chi connectivity index (χ0n) is 17.3. The molecule has 164 valence electrons. The summed E-state index contributed by atoms with van der Waals surface area (Å²) >= 11 is 7.05. The van der Waals surface area contributed by atoms with E-state index in [9.17, 15) is 18.8 Å². The molecule has 1 aromatic heterocycles. The van der Waals surface area contributed by atoms with E-state index in [1.807, 2.05) is 19.1 Å². The van der Waals surface area contributed by atoms with Gasteiger partial charge in [-0.3, -0.25) is 19.3 Å². The minimum atomic E-state index is -1.25. The lowest BCUT2D eigenvalue weighted by atomic mass is 9.86. The van der Waals surface area contributed by atoms with Crippen LogP contribution in [0.4, 0.5) is 9.52 Å². The summed E-state index contributed by atoms with van der Waals surface area (Å²) in [6.45, 7) is 1.92. The topological polar surface area (TPSA) is 67.3 Å². The summed E-state index contributed by atoms with van der Waals surface area (Å²) in [6, 6.07) is 16.8. The summed E-state index contributed by atoms with van der Waals surface area (Å²) in [5, 5.41) is 0.699. The number of anilines is 1. The molecule has 1 amide bonds. The van der Waals surface area contributed by atoms with Crippen molar-refractivity contribution in [3.8, 4) is 0 Å². The van der Waals surface area contributed by atoms with Crippen LogP contribution in [-0.4, -0.2) is 22.5 Å². The Hall–Kier alpha value is -3.42. The summed E-state index contributed by atoms with van der Waals surface area (Å²) < 4.78 is 14.3. The molecule has 1 aliphatic heterocycles. The highest BCUT2D eigenvalue weighted by Crippen LogP contribution is 2.43. The van der Waals surface area contributed by atoms with Crippen LogP contribution in [-0.2, 0) is 9.59 Å². The number of carbonyl (C=O) groups is 3. The van der Waals surface area contributed by atoms with Crippen LogP contribution in [0.3, 0.4) is 0 Å². The number of thiazole rings is 1. The van der Waals surface area contributed by atoms with Gasteiger partial charge in [-0.15, -0.1) is 0 Å². The fourth-order valence-electron chi connectivity index (χ4n) is 4.03. The minimum Gasteiger partial charge on any atom is -0.293 e. The number of ketones is 2. The van der Waals surface area contributed by atoms with E-state index < -0.39 is 35.3 Å². The van der Waals surface area contributed by atoms with Gasteiger partial charge < -0.3 is 0 Å². The predicted octanol–water partition coefficient (Wildman–Crippen LogP) is 5.55. The van der Waals surface area contributed by atoms with E-state index in [4.69, 9.17) is 11.6 Å². The Morgan fingerprint density at radius 1 is 1.03 bits per heavy atom. The zero-order valence-corrected chi connectivity index (χ0v) is 18.9. The van der Waals surface area contributed by atoms with Crippen molar-refractivity contribution in [1.29, 1.82) is 0 Å². The molecule has 0 N–H and O–H groups in total. The zero-order chi connectivity index (χ0) is 23.3. The van der Waals surface area contributed by atoms with Crippen molar-refractivity contribution in [2.45, 2.75) is 13.0 Å². The van der Waals surface area contributed by atoms with Gasteiger partial charge in [0.1, 0.15) is 11.7 Å². The van der Waals surface area contributed by atoms with Crippen molar-refractivity contribution < 1.29 is 18.8 Å². The number of benzene rings is 3. The normalized spacial score (nSPS) is 18.3. The number of Topliss-reactive ketones (excluding diaryl/α,β-unsaturated/α-hetero) is 2. The van der Waals surface area contributed by atoms with Crippen LogP contribution in [0.5, 0.6) is 0 Å². The maximum atomic E-state index is 13.7. The quantitative estimate of drug-likeness (QED) is 0.219.